The predicted molar refractivity (Wildman–Crippen MR) is 131 cm³/mol. The predicted octanol–water partition coefficient (Wildman–Crippen LogP) is 4.92. The maximum absolute atomic E-state index is 13.2. The van der Waals surface area contributed by atoms with Gasteiger partial charge < -0.3 is 9.47 Å². The lowest BCUT2D eigenvalue weighted by atomic mass is 9.46. The van der Waals surface area contributed by atoms with E-state index in [9.17, 15) is 19.2 Å². The third-order valence-corrected chi connectivity index (χ3v) is 9.74. The van der Waals surface area contributed by atoms with Crippen LogP contribution >= 0.6 is 0 Å². The molecule has 35 heavy (non-hydrogen) atoms. The van der Waals surface area contributed by atoms with Crippen LogP contribution in [-0.2, 0) is 28.7 Å². The fourth-order valence-electron chi connectivity index (χ4n) is 8.19. The average Bonchev–Trinajstić information content (AvgIpc) is 3.15. The number of Topliss-reactive ketones (excluding diaryl/α,β-unsaturated/α-hetero) is 1. The van der Waals surface area contributed by atoms with Crippen LogP contribution in [0.3, 0.4) is 0 Å². The molecule has 4 rings (SSSR count). The van der Waals surface area contributed by atoms with Crippen molar-refractivity contribution in [1.82, 2.24) is 0 Å². The summed E-state index contributed by atoms with van der Waals surface area (Å²) in [6.45, 7) is 13.3. The van der Waals surface area contributed by atoms with E-state index in [1.807, 2.05) is 0 Å². The van der Waals surface area contributed by atoms with Crippen molar-refractivity contribution in [2.45, 2.75) is 84.3 Å². The Labute approximate surface area is 208 Å². The van der Waals surface area contributed by atoms with E-state index in [0.717, 1.165) is 44.1 Å². The molecule has 2 unspecified atom stereocenters. The van der Waals surface area contributed by atoms with Crippen molar-refractivity contribution in [2.75, 3.05) is 0 Å². The van der Waals surface area contributed by atoms with Crippen LogP contribution in [0.2, 0.25) is 0 Å². The van der Waals surface area contributed by atoms with Crippen molar-refractivity contribution >= 4 is 23.5 Å². The van der Waals surface area contributed by atoms with Crippen molar-refractivity contribution in [1.29, 1.82) is 0 Å². The third kappa shape index (κ3) is 4.13. The molecule has 0 radical (unpaired) electrons. The molecule has 0 aromatic rings. The molecule has 8 atom stereocenters. The number of ketones is 2. The first kappa shape index (κ1) is 25.6. The summed E-state index contributed by atoms with van der Waals surface area (Å²) in [5.41, 5.74) is 0.350. The number of rotatable bonds is 7. The molecule has 6 nitrogen and oxygen atoms in total. The van der Waals surface area contributed by atoms with Crippen molar-refractivity contribution in [2.24, 2.45) is 34.5 Å². The first-order valence-corrected chi connectivity index (χ1v) is 12.9. The molecule has 0 heterocycles. The second-order valence-corrected chi connectivity index (χ2v) is 11.4. The van der Waals surface area contributed by atoms with Gasteiger partial charge >= 0.3 is 11.9 Å². The summed E-state index contributed by atoms with van der Waals surface area (Å²) >= 11 is 0. The van der Waals surface area contributed by atoms with E-state index < -0.39 is 29.6 Å². The molecule has 0 aromatic carbocycles. The Balaban J connectivity index is 1.73. The lowest BCUT2D eigenvalue weighted by Gasteiger charge is -2.60. The molecule has 3 saturated carbocycles. The lowest BCUT2D eigenvalue weighted by molar-refractivity contribution is -0.190. The van der Waals surface area contributed by atoms with Gasteiger partial charge in [-0.05, 0) is 74.7 Å². The van der Waals surface area contributed by atoms with Gasteiger partial charge in [-0.1, -0.05) is 31.6 Å². The third-order valence-electron chi connectivity index (χ3n) is 9.74. The number of hydrogen-bond acceptors (Lipinski definition) is 6. The highest BCUT2D eigenvalue weighted by Gasteiger charge is 2.64. The highest BCUT2D eigenvalue weighted by molar-refractivity contribution is 5.98. The number of carbonyl (C=O) groups excluding carboxylic acids is 4. The van der Waals surface area contributed by atoms with Gasteiger partial charge in [0.25, 0.3) is 0 Å². The van der Waals surface area contributed by atoms with Crippen LogP contribution in [0.1, 0.15) is 72.1 Å². The molecule has 4 aliphatic carbocycles. The van der Waals surface area contributed by atoms with Gasteiger partial charge in [0, 0.05) is 11.3 Å². The van der Waals surface area contributed by atoms with E-state index in [2.05, 4.69) is 27.0 Å². The molecule has 0 N–H and O–H groups in total. The zero-order valence-electron chi connectivity index (χ0n) is 21.2. The standard InChI is InChI=1S/C29H38O6/c1-6-8-24(32)34-26-23(31)16-18-10-11-19-21-13-12-20(17(3)30)28(21,4)15-14-22(19)29(18,5)27(26)35-25(33)9-7-2/h6-7,16,19-22,26-27H,1-2,8-15H2,3-5H3/t19-,20+,21-,22-,26?,27?,28+,29-/m0/s1. The fourth-order valence-corrected chi connectivity index (χ4v) is 8.19. The minimum atomic E-state index is -1.18. The van der Waals surface area contributed by atoms with Crippen LogP contribution in [0.25, 0.3) is 0 Å². The van der Waals surface area contributed by atoms with Gasteiger partial charge in [-0.3, -0.25) is 19.2 Å². The summed E-state index contributed by atoms with van der Waals surface area (Å²) in [5.74, 6) is -0.0530. The Morgan fingerprint density at radius 2 is 1.66 bits per heavy atom. The monoisotopic (exact) mass is 482 g/mol. The van der Waals surface area contributed by atoms with Crippen molar-refractivity contribution in [3.8, 4) is 0 Å². The van der Waals surface area contributed by atoms with Gasteiger partial charge in [0.1, 0.15) is 5.78 Å². The molecule has 0 aliphatic heterocycles. The summed E-state index contributed by atoms with van der Waals surface area (Å²) in [4.78, 5) is 50.7. The normalized spacial score (nSPS) is 39.9. The van der Waals surface area contributed by atoms with Crippen LogP contribution < -0.4 is 0 Å². The van der Waals surface area contributed by atoms with Gasteiger partial charge in [0.2, 0.25) is 6.10 Å². The summed E-state index contributed by atoms with van der Waals surface area (Å²) in [5, 5.41) is 0. The van der Waals surface area contributed by atoms with Gasteiger partial charge in [0.15, 0.2) is 11.9 Å². The van der Waals surface area contributed by atoms with Crippen molar-refractivity contribution in [3.63, 3.8) is 0 Å². The number of carbonyl (C=O) groups is 4. The summed E-state index contributed by atoms with van der Waals surface area (Å²) in [6.07, 6.45) is 7.92. The minimum Gasteiger partial charge on any atom is -0.457 e. The van der Waals surface area contributed by atoms with Crippen molar-refractivity contribution in [3.05, 3.63) is 37.0 Å². The molecule has 3 fully saturated rings. The van der Waals surface area contributed by atoms with E-state index in [1.165, 1.54) is 12.2 Å². The maximum atomic E-state index is 13.2. The zero-order chi connectivity index (χ0) is 25.5. The van der Waals surface area contributed by atoms with Crippen LogP contribution in [0.4, 0.5) is 0 Å². The molecule has 6 heteroatoms. The number of esters is 2. The number of ether oxygens (including phenoxy) is 2. The Morgan fingerprint density at radius 1 is 1.00 bits per heavy atom. The van der Waals surface area contributed by atoms with Crippen LogP contribution in [0, 0.1) is 34.5 Å². The maximum Gasteiger partial charge on any atom is 0.310 e. The van der Waals surface area contributed by atoms with Crippen LogP contribution in [0.15, 0.2) is 37.0 Å². The molecule has 190 valence electrons. The Kier molecular flexibility index (Phi) is 6.96. The smallest absolute Gasteiger partial charge is 0.310 e. The van der Waals surface area contributed by atoms with Crippen LogP contribution in [0.5, 0.6) is 0 Å². The van der Waals surface area contributed by atoms with Crippen molar-refractivity contribution < 1.29 is 28.7 Å². The van der Waals surface area contributed by atoms with E-state index in [-0.39, 0.29) is 41.7 Å². The molecular formula is C29H38O6. The zero-order valence-corrected chi connectivity index (χ0v) is 21.2. The quantitative estimate of drug-likeness (QED) is 0.378. The Hall–Kier alpha value is -2.50. The second-order valence-electron chi connectivity index (χ2n) is 11.4. The van der Waals surface area contributed by atoms with Gasteiger partial charge in [-0.15, -0.1) is 13.2 Å². The molecular weight excluding hydrogens is 444 g/mol. The molecule has 4 aliphatic rings. The van der Waals surface area contributed by atoms with E-state index >= 15 is 0 Å². The highest BCUT2D eigenvalue weighted by atomic mass is 16.6. The largest absolute Gasteiger partial charge is 0.457 e. The Bertz CT molecular complexity index is 978. The van der Waals surface area contributed by atoms with E-state index in [4.69, 9.17) is 9.47 Å². The summed E-state index contributed by atoms with van der Waals surface area (Å²) in [7, 11) is 0. The number of fused-ring (bicyclic) bond motifs is 5. The molecule has 0 bridgehead atoms. The summed E-state index contributed by atoms with van der Waals surface area (Å²) < 4.78 is 11.6. The first-order valence-electron chi connectivity index (χ1n) is 12.9. The fraction of sp³-hybridized carbons (Fsp3) is 0.655. The molecule has 0 saturated heterocycles. The minimum absolute atomic E-state index is 0.0140. The molecule has 0 aromatic heterocycles. The van der Waals surface area contributed by atoms with Gasteiger partial charge in [-0.2, -0.15) is 0 Å². The highest BCUT2D eigenvalue weighted by Crippen LogP contribution is 2.67. The molecule has 0 spiro atoms. The van der Waals surface area contributed by atoms with E-state index in [0.29, 0.717) is 11.8 Å². The molecule has 0 amide bonds. The average molecular weight is 483 g/mol. The number of hydrogen-bond donors (Lipinski definition) is 0. The van der Waals surface area contributed by atoms with Crippen LogP contribution in [-0.4, -0.2) is 35.7 Å². The Morgan fingerprint density at radius 3 is 2.29 bits per heavy atom. The topological polar surface area (TPSA) is 86.7 Å². The SMILES string of the molecule is C=CCC(=O)OC1C(=O)C=C2CC[C@H]3[C@@H]4CC[C@H](C(C)=O)[C@@]4(C)CC[C@@H]3[C@@]2(C)C1OC(=O)CC=C. The lowest BCUT2D eigenvalue weighted by Crippen LogP contribution is -2.61. The van der Waals surface area contributed by atoms with Gasteiger partial charge in [0.05, 0.1) is 12.8 Å². The van der Waals surface area contributed by atoms with E-state index in [1.54, 1.807) is 13.0 Å². The summed E-state index contributed by atoms with van der Waals surface area (Å²) in [6, 6.07) is 0. The first-order chi connectivity index (χ1) is 16.6. The van der Waals surface area contributed by atoms with Gasteiger partial charge in [-0.25, -0.2) is 0 Å². The second kappa shape index (κ2) is 9.51.